The van der Waals surface area contributed by atoms with Crippen LogP contribution >= 0.6 is 0 Å². The van der Waals surface area contributed by atoms with Gasteiger partial charge in [-0.15, -0.1) is 0 Å². The lowest BCUT2D eigenvalue weighted by atomic mass is 9.51. The van der Waals surface area contributed by atoms with Crippen LogP contribution in [0.25, 0.3) is 0 Å². The molecule has 0 aliphatic heterocycles. The molecule has 28 heavy (non-hydrogen) atoms. The van der Waals surface area contributed by atoms with Gasteiger partial charge in [0.1, 0.15) is 0 Å². The van der Waals surface area contributed by atoms with Gasteiger partial charge in [0.05, 0.1) is 17.8 Å². The Kier molecular flexibility index (Phi) is 5.36. The summed E-state index contributed by atoms with van der Waals surface area (Å²) in [5.41, 5.74) is 2.16. The van der Waals surface area contributed by atoms with Crippen LogP contribution in [-0.4, -0.2) is 35.2 Å². The van der Waals surface area contributed by atoms with Crippen molar-refractivity contribution in [3.63, 3.8) is 0 Å². The van der Waals surface area contributed by atoms with E-state index in [4.69, 9.17) is 4.74 Å². The molecule has 2 aliphatic rings. The minimum Gasteiger partial charge on any atom is -0.381 e. The number of nitrogens with zero attached hydrogens (tertiary/aromatic N) is 2. The molecule has 5 nitrogen and oxygen atoms in total. The summed E-state index contributed by atoms with van der Waals surface area (Å²) in [6, 6.07) is 16.0. The van der Waals surface area contributed by atoms with Gasteiger partial charge in [-0.25, -0.2) is 4.79 Å². The van der Waals surface area contributed by atoms with Gasteiger partial charge in [0.2, 0.25) is 0 Å². The number of hydrogen-bond donors (Lipinski definition) is 1. The minimum absolute atomic E-state index is 0.0205. The highest BCUT2D eigenvalue weighted by molar-refractivity contribution is 5.75. The van der Waals surface area contributed by atoms with Crippen molar-refractivity contribution in [2.45, 2.75) is 57.3 Å². The van der Waals surface area contributed by atoms with E-state index in [1.165, 1.54) is 6.42 Å². The number of benzene rings is 1. The Morgan fingerprint density at radius 1 is 1.25 bits per heavy atom. The van der Waals surface area contributed by atoms with Crippen molar-refractivity contribution in [2.75, 3.05) is 7.11 Å². The molecule has 2 amide bonds. The third-order valence-corrected chi connectivity index (χ3v) is 6.69. The van der Waals surface area contributed by atoms with Crippen molar-refractivity contribution in [3.05, 3.63) is 66.0 Å². The zero-order valence-corrected chi connectivity index (χ0v) is 16.7. The Hall–Kier alpha value is -2.40. The van der Waals surface area contributed by atoms with Gasteiger partial charge in [-0.1, -0.05) is 42.8 Å². The van der Waals surface area contributed by atoms with E-state index in [1.54, 1.807) is 13.3 Å². The van der Waals surface area contributed by atoms with E-state index in [-0.39, 0.29) is 29.6 Å². The van der Waals surface area contributed by atoms with Crippen LogP contribution in [0.4, 0.5) is 4.79 Å². The normalized spacial score (nSPS) is 23.4. The molecule has 1 aromatic heterocycles. The molecule has 1 aromatic carbocycles. The summed E-state index contributed by atoms with van der Waals surface area (Å²) < 4.78 is 5.65. The molecule has 1 heterocycles. The maximum atomic E-state index is 13.3. The van der Waals surface area contributed by atoms with Gasteiger partial charge in [-0.3, -0.25) is 4.98 Å². The van der Waals surface area contributed by atoms with Gasteiger partial charge < -0.3 is 15.0 Å². The molecule has 0 bridgehead atoms. The summed E-state index contributed by atoms with van der Waals surface area (Å²) in [5.74, 6) is 0. The number of carbonyl (C=O) groups is 1. The van der Waals surface area contributed by atoms with Crippen LogP contribution in [-0.2, 0) is 11.3 Å². The lowest BCUT2D eigenvalue weighted by molar-refractivity contribution is -0.158. The van der Waals surface area contributed by atoms with Crippen molar-refractivity contribution >= 4 is 6.03 Å². The van der Waals surface area contributed by atoms with E-state index in [0.29, 0.717) is 6.54 Å². The van der Waals surface area contributed by atoms with Gasteiger partial charge in [-0.05, 0) is 43.9 Å². The number of urea groups is 1. The van der Waals surface area contributed by atoms with Gasteiger partial charge in [0.25, 0.3) is 0 Å². The first kappa shape index (κ1) is 18.9. The fraction of sp³-hybridized carbons (Fsp3) is 0.478. The molecule has 148 valence electrons. The molecule has 2 aromatic rings. The maximum Gasteiger partial charge on any atom is 0.318 e. The second-order valence-electron chi connectivity index (χ2n) is 8.09. The standard InChI is InChI=1S/C23H29N3O2/c1-17(19-11-6-7-14-24-19)26(16-18-9-4-3-5-10-18)22(27)25-20-15-21(28-2)23(20)12-8-13-23/h3-7,9-11,14,17,20-21H,8,12-13,15-16H2,1-2H3,(H,25,27). The Morgan fingerprint density at radius 2 is 2.00 bits per heavy atom. The quantitative estimate of drug-likeness (QED) is 0.814. The summed E-state index contributed by atoms with van der Waals surface area (Å²) in [5, 5.41) is 3.32. The molecule has 3 atom stereocenters. The molecule has 0 saturated heterocycles. The molecular weight excluding hydrogens is 350 g/mol. The number of rotatable bonds is 6. The van der Waals surface area contributed by atoms with Crippen molar-refractivity contribution in [3.8, 4) is 0 Å². The zero-order chi connectivity index (χ0) is 19.6. The van der Waals surface area contributed by atoms with Crippen LogP contribution in [0, 0.1) is 5.41 Å². The van der Waals surface area contributed by atoms with Gasteiger partial charge in [0, 0.05) is 31.3 Å². The third kappa shape index (κ3) is 3.39. The predicted molar refractivity (Wildman–Crippen MR) is 109 cm³/mol. The van der Waals surface area contributed by atoms with Gasteiger partial charge in [0.15, 0.2) is 0 Å². The van der Waals surface area contributed by atoms with Crippen LogP contribution in [0.15, 0.2) is 54.7 Å². The summed E-state index contributed by atoms with van der Waals surface area (Å²) >= 11 is 0. The fourth-order valence-corrected chi connectivity index (χ4v) is 4.72. The smallest absolute Gasteiger partial charge is 0.318 e. The van der Waals surface area contributed by atoms with E-state index < -0.39 is 0 Å². The van der Waals surface area contributed by atoms with E-state index in [0.717, 1.165) is 30.5 Å². The van der Waals surface area contributed by atoms with Gasteiger partial charge in [-0.2, -0.15) is 0 Å². The summed E-state index contributed by atoms with van der Waals surface area (Å²) in [6.07, 6.45) is 6.48. The van der Waals surface area contributed by atoms with Crippen molar-refractivity contribution < 1.29 is 9.53 Å². The molecule has 2 fully saturated rings. The first-order valence-corrected chi connectivity index (χ1v) is 10.2. The predicted octanol–water partition coefficient (Wildman–Crippen LogP) is 4.31. The Labute approximate surface area is 167 Å². The molecular formula is C23H29N3O2. The van der Waals surface area contributed by atoms with Crippen LogP contribution in [0.5, 0.6) is 0 Å². The fourth-order valence-electron chi connectivity index (χ4n) is 4.72. The van der Waals surface area contributed by atoms with Crippen LogP contribution in [0.2, 0.25) is 0 Å². The van der Waals surface area contributed by atoms with E-state index in [9.17, 15) is 4.79 Å². The number of nitrogens with one attached hydrogen (secondary N) is 1. The SMILES string of the molecule is COC1CC(NC(=O)N(Cc2ccccc2)C(C)c2ccccn2)C12CCC2. The van der Waals surface area contributed by atoms with Crippen molar-refractivity contribution in [2.24, 2.45) is 5.41 Å². The highest BCUT2D eigenvalue weighted by Crippen LogP contribution is 2.57. The number of carbonyl (C=O) groups excluding carboxylic acids is 1. The average molecular weight is 380 g/mol. The number of ether oxygens (including phenoxy) is 1. The minimum atomic E-state index is -0.114. The Morgan fingerprint density at radius 3 is 2.61 bits per heavy atom. The molecule has 2 saturated carbocycles. The maximum absolute atomic E-state index is 13.3. The largest absolute Gasteiger partial charge is 0.381 e. The van der Waals surface area contributed by atoms with Crippen LogP contribution < -0.4 is 5.32 Å². The molecule has 1 N–H and O–H groups in total. The zero-order valence-electron chi connectivity index (χ0n) is 16.7. The van der Waals surface area contributed by atoms with Crippen molar-refractivity contribution in [1.29, 1.82) is 0 Å². The lowest BCUT2D eigenvalue weighted by Gasteiger charge is -2.60. The molecule has 5 heteroatoms. The second kappa shape index (κ2) is 7.92. The van der Waals surface area contributed by atoms with Gasteiger partial charge >= 0.3 is 6.03 Å². The van der Waals surface area contributed by atoms with Crippen LogP contribution in [0.3, 0.4) is 0 Å². The van der Waals surface area contributed by atoms with E-state index >= 15 is 0 Å². The summed E-state index contributed by atoms with van der Waals surface area (Å²) in [6.45, 7) is 2.60. The number of aromatic nitrogens is 1. The molecule has 2 aliphatic carbocycles. The molecule has 4 rings (SSSR count). The van der Waals surface area contributed by atoms with E-state index in [2.05, 4.69) is 22.4 Å². The number of pyridine rings is 1. The number of hydrogen-bond acceptors (Lipinski definition) is 3. The first-order chi connectivity index (χ1) is 13.6. The Balaban J connectivity index is 1.52. The molecule has 1 spiro atoms. The second-order valence-corrected chi connectivity index (χ2v) is 8.09. The first-order valence-electron chi connectivity index (χ1n) is 10.2. The van der Waals surface area contributed by atoms with E-state index in [1.807, 2.05) is 48.2 Å². The Bertz CT molecular complexity index is 792. The summed E-state index contributed by atoms with van der Waals surface area (Å²) in [7, 11) is 1.79. The van der Waals surface area contributed by atoms with Crippen LogP contribution in [0.1, 0.15) is 49.9 Å². The molecule has 3 unspecified atom stereocenters. The monoisotopic (exact) mass is 379 g/mol. The third-order valence-electron chi connectivity index (χ3n) is 6.69. The topological polar surface area (TPSA) is 54.5 Å². The lowest BCUT2D eigenvalue weighted by Crippen LogP contribution is -2.68. The van der Waals surface area contributed by atoms with Crippen molar-refractivity contribution in [1.82, 2.24) is 15.2 Å². The summed E-state index contributed by atoms with van der Waals surface area (Å²) in [4.78, 5) is 19.7. The average Bonchev–Trinajstić information content (AvgIpc) is 2.68. The highest BCUT2D eigenvalue weighted by atomic mass is 16.5. The highest BCUT2D eigenvalue weighted by Gasteiger charge is 2.59. The number of amides is 2. The molecule has 0 radical (unpaired) electrons. The number of methoxy groups -OCH3 is 1.